The predicted molar refractivity (Wildman–Crippen MR) is 84.4 cm³/mol. The number of halogens is 2. The summed E-state index contributed by atoms with van der Waals surface area (Å²) < 4.78 is 40.0. The van der Waals surface area contributed by atoms with E-state index in [-0.39, 0.29) is 16.4 Å². The Morgan fingerprint density at radius 2 is 1.87 bits per heavy atom. The summed E-state index contributed by atoms with van der Waals surface area (Å²) in [7, 11) is -4.10. The van der Waals surface area contributed by atoms with Gasteiger partial charge < -0.3 is 10.4 Å². The van der Waals surface area contributed by atoms with Gasteiger partial charge in [0.15, 0.2) is 0 Å². The number of amides is 1. The molecule has 2 rings (SSSR count). The highest BCUT2D eigenvalue weighted by molar-refractivity contribution is 7.92. The van der Waals surface area contributed by atoms with Gasteiger partial charge in [0.2, 0.25) is 5.91 Å². The van der Waals surface area contributed by atoms with Gasteiger partial charge in [-0.1, -0.05) is 17.7 Å². The Hall–Kier alpha value is -2.16. The monoisotopic (exact) mass is 358 g/mol. The number of benzene rings is 2. The number of hydrogen-bond donors (Lipinski definition) is 3. The maximum absolute atomic E-state index is 13.2. The summed E-state index contributed by atoms with van der Waals surface area (Å²) in [6, 6.07) is 8.80. The minimum Gasteiger partial charge on any atom is -0.387 e. The van der Waals surface area contributed by atoms with E-state index in [1.807, 2.05) is 0 Å². The minimum atomic E-state index is -4.10. The molecule has 3 N–H and O–H groups in total. The van der Waals surface area contributed by atoms with Gasteiger partial charge in [-0.05, 0) is 36.4 Å². The second-order valence-corrected chi connectivity index (χ2v) is 6.53. The van der Waals surface area contributed by atoms with Crippen molar-refractivity contribution in [1.82, 2.24) is 0 Å². The number of aliphatic hydroxyl groups excluding tert-OH is 1. The molecule has 0 aliphatic carbocycles. The lowest BCUT2D eigenvalue weighted by molar-refractivity contribution is -0.118. The van der Waals surface area contributed by atoms with Crippen LogP contribution in [0.15, 0.2) is 47.4 Å². The van der Waals surface area contributed by atoms with Gasteiger partial charge in [0, 0.05) is 5.69 Å². The van der Waals surface area contributed by atoms with E-state index in [9.17, 15) is 17.6 Å². The van der Waals surface area contributed by atoms with E-state index in [1.54, 1.807) is 0 Å². The van der Waals surface area contributed by atoms with Gasteiger partial charge in [-0.2, -0.15) is 0 Å². The van der Waals surface area contributed by atoms with E-state index in [2.05, 4.69) is 10.0 Å². The van der Waals surface area contributed by atoms with E-state index in [0.717, 1.165) is 18.2 Å². The van der Waals surface area contributed by atoms with Crippen molar-refractivity contribution in [3.63, 3.8) is 0 Å². The molecule has 0 unspecified atom stereocenters. The number of rotatable bonds is 5. The van der Waals surface area contributed by atoms with Crippen LogP contribution in [0.3, 0.4) is 0 Å². The first kappa shape index (κ1) is 17.2. The molecule has 0 heterocycles. The van der Waals surface area contributed by atoms with Crippen LogP contribution in [0.2, 0.25) is 5.02 Å². The molecule has 6 nitrogen and oxygen atoms in total. The molecule has 2 aromatic rings. The summed E-state index contributed by atoms with van der Waals surface area (Å²) in [5, 5.41) is 10.9. The van der Waals surface area contributed by atoms with Gasteiger partial charge in [0.1, 0.15) is 17.3 Å². The van der Waals surface area contributed by atoms with Gasteiger partial charge in [0.25, 0.3) is 10.0 Å². The van der Waals surface area contributed by atoms with Crippen LogP contribution in [0.4, 0.5) is 15.8 Å². The first-order valence-corrected chi connectivity index (χ1v) is 8.16. The van der Waals surface area contributed by atoms with E-state index in [0.29, 0.717) is 0 Å². The molecule has 0 bridgehead atoms. The molecule has 23 heavy (non-hydrogen) atoms. The largest absolute Gasteiger partial charge is 0.387 e. The maximum atomic E-state index is 13.2. The number of sulfonamides is 1. The molecule has 1 amide bonds. The van der Waals surface area contributed by atoms with Crippen LogP contribution in [0.5, 0.6) is 0 Å². The number of hydrogen-bond acceptors (Lipinski definition) is 4. The zero-order chi connectivity index (χ0) is 17.0. The first-order chi connectivity index (χ1) is 10.8. The van der Waals surface area contributed by atoms with Crippen molar-refractivity contribution in [2.75, 3.05) is 16.6 Å². The fourth-order valence-electron chi connectivity index (χ4n) is 1.75. The Labute approximate surface area is 137 Å². The molecule has 0 saturated heterocycles. The van der Waals surface area contributed by atoms with Crippen molar-refractivity contribution in [3.8, 4) is 0 Å². The van der Waals surface area contributed by atoms with E-state index in [4.69, 9.17) is 16.7 Å². The number of aliphatic hydroxyl groups is 1. The summed E-state index contributed by atoms with van der Waals surface area (Å²) in [5.41, 5.74) is 0.427. The molecular formula is C14H12ClFN2O4S. The van der Waals surface area contributed by atoms with E-state index >= 15 is 0 Å². The lowest BCUT2D eigenvalue weighted by atomic mass is 10.3. The molecule has 2 aromatic carbocycles. The minimum absolute atomic E-state index is 0.122. The predicted octanol–water partition coefficient (Wildman–Crippen LogP) is 2.21. The molecule has 0 spiro atoms. The number of nitrogens with one attached hydrogen (secondary N) is 2. The number of carbonyl (C=O) groups is 1. The molecule has 9 heteroatoms. The second-order valence-electron chi connectivity index (χ2n) is 4.47. The van der Waals surface area contributed by atoms with Crippen LogP contribution in [0.1, 0.15) is 0 Å². The van der Waals surface area contributed by atoms with E-state index < -0.39 is 33.3 Å². The maximum Gasteiger partial charge on any atom is 0.263 e. The fraction of sp³-hybridized carbons (Fsp3) is 0.0714. The van der Waals surface area contributed by atoms with Crippen LogP contribution < -0.4 is 10.0 Å². The third kappa shape index (κ3) is 4.41. The molecule has 0 fully saturated rings. The average molecular weight is 359 g/mol. The molecular weight excluding hydrogens is 347 g/mol. The number of anilines is 2. The smallest absolute Gasteiger partial charge is 0.263 e. The lowest BCUT2D eigenvalue weighted by Gasteiger charge is -2.11. The zero-order valence-corrected chi connectivity index (χ0v) is 13.2. The summed E-state index contributed by atoms with van der Waals surface area (Å²) in [4.78, 5) is 10.7. The Kier molecular flexibility index (Phi) is 5.19. The van der Waals surface area contributed by atoms with E-state index in [1.165, 1.54) is 24.3 Å². The quantitative estimate of drug-likeness (QED) is 0.763. The highest BCUT2D eigenvalue weighted by atomic mass is 35.5. The van der Waals surface area contributed by atoms with Crippen LogP contribution in [-0.2, 0) is 14.8 Å². The molecule has 122 valence electrons. The van der Waals surface area contributed by atoms with Crippen molar-refractivity contribution >= 4 is 38.9 Å². The van der Waals surface area contributed by atoms with Gasteiger partial charge in [-0.3, -0.25) is 9.52 Å². The standard InChI is InChI=1S/C14H12ClFN2O4S/c15-12-5-4-9(16)6-13(12)23(21,22)18-11-3-1-2-10(7-11)17-14(20)8-19/h1-7,18-19H,8H2,(H,17,20). The topological polar surface area (TPSA) is 95.5 Å². The van der Waals surface area contributed by atoms with Crippen LogP contribution >= 0.6 is 11.6 Å². The second kappa shape index (κ2) is 6.95. The Morgan fingerprint density at radius 3 is 2.57 bits per heavy atom. The molecule has 0 atom stereocenters. The summed E-state index contributed by atoms with van der Waals surface area (Å²) >= 11 is 5.80. The van der Waals surface area contributed by atoms with Crippen molar-refractivity contribution in [3.05, 3.63) is 53.3 Å². The summed E-state index contributed by atoms with van der Waals surface area (Å²) in [6.45, 7) is -0.700. The molecule has 0 aromatic heterocycles. The normalized spacial score (nSPS) is 11.1. The van der Waals surface area contributed by atoms with Crippen LogP contribution in [-0.4, -0.2) is 26.0 Å². The van der Waals surface area contributed by atoms with Crippen molar-refractivity contribution in [1.29, 1.82) is 0 Å². The molecule has 0 saturated carbocycles. The molecule has 0 radical (unpaired) electrons. The Bertz CT molecular complexity index is 842. The highest BCUT2D eigenvalue weighted by Crippen LogP contribution is 2.25. The van der Waals surface area contributed by atoms with Crippen LogP contribution in [0, 0.1) is 5.82 Å². The third-order valence-corrected chi connectivity index (χ3v) is 4.59. The Balaban J connectivity index is 2.29. The Morgan fingerprint density at radius 1 is 1.17 bits per heavy atom. The molecule has 0 aliphatic heterocycles. The van der Waals surface area contributed by atoms with Crippen molar-refractivity contribution in [2.45, 2.75) is 4.90 Å². The van der Waals surface area contributed by atoms with Crippen molar-refractivity contribution in [2.24, 2.45) is 0 Å². The average Bonchev–Trinajstić information content (AvgIpc) is 2.49. The highest BCUT2D eigenvalue weighted by Gasteiger charge is 2.19. The summed E-state index contributed by atoms with van der Waals surface area (Å²) in [6.07, 6.45) is 0. The summed E-state index contributed by atoms with van der Waals surface area (Å²) in [5.74, 6) is -1.38. The van der Waals surface area contributed by atoms with Gasteiger partial charge in [0.05, 0.1) is 10.7 Å². The van der Waals surface area contributed by atoms with Gasteiger partial charge >= 0.3 is 0 Å². The lowest BCUT2D eigenvalue weighted by Crippen LogP contribution is -2.16. The SMILES string of the molecule is O=C(CO)Nc1cccc(NS(=O)(=O)c2cc(F)ccc2Cl)c1. The zero-order valence-electron chi connectivity index (χ0n) is 11.6. The first-order valence-electron chi connectivity index (χ1n) is 6.30. The molecule has 0 aliphatic rings. The van der Waals surface area contributed by atoms with Crippen LogP contribution in [0.25, 0.3) is 0 Å². The fourth-order valence-corrected chi connectivity index (χ4v) is 3.32. The third-order valence-electron chi connectivity index (χ3n) is 2.72. The van der Waals surface area contributed by atoms with Gasteiger partial charge in [-0.15, -0.1) is 0 Å². The van der Waals surface area contributed by atoms with Crippen molar-refractivity contribution < 1.29 is 22.7 Å². The number of carbonyl (C=O) groups excluding carboxylic acids is 1. The van der Waals surface area contributed by atoms with Gasteiger partial charge in [-0.25, -0.2) is 12.8 Å².